The van der Waals surface area contributed by atoms with E-state index < -0.39 is 5.43 Å². The van der Waals surface area contributed by atoms with Crippen molar-refractivity contribution in [1.82, 2.24) is 0 Å². The van der Waals surface area contributed by atoms with Crippen LogP contribution in [0.5, 0.6) is 5.75 Å². The molecule has 0 aromatic heterocycles. The Labute approximate surface area is 80.4 Å². The number of benzene rings is 1. The van der Waals surface area contributed by atoms with Crippen molar-refractivity contribution in [3.8, 4) is 5.75 Å². The lowest BCUT2D eigenvalue weighted by Crippen LogP contribution is -2.75. The van der Waals surface area contributed by atoms with Gasteiger partial charge in [-0.15, -0.1) is 0 Å². The molecule has 0 aliphatic heterocycles. The van der Waals surface area contributed by atoms with Crippen molar-refractivity contribution in [2.75, 3.05) is 7.11 Å². The minimum absolute atomic E-state index is 0.410. The zero-order chi connectivity index (χ0) is 9.68. The number of carbonyl (C=O) groups is 1. The maximum atomic E-state index is 10.3. The van der Waals surface area contributed by atoms with Gasteiger partial charge in [-0.2, -0.15) is 5.48 Å². The van der Waals surface area contributed by atoms with E-state index in [9.17, 15) is 4.79 Å². The Balaban J connectivity index is 2.64. The minimum atomic E-state index is -0.844. The lowest BCUT2D eigenvalue weighted by molar-refractivity contribution is -0.830. The van der Waals surface area contributed by atoms with Crippen LogP contribution in [-0.4, -0.2) is 12.5 Å². The van der Waals surface area contributed by atoms with Gasteiger partial charge in [-0.1, -0.05) is 0 Å². The molecule has 0 atom stereocenters. The zero-order valence-corrected chi connectivity index (χ0v) is 7.75. The first-order valence-corrected chi connectivity index (χ1v) is 3.93. The van der Waals surface area contributed by atoms with Crippen molar-refractivity contribution in [3.05, 3.63) is 24.3 Å². The maximum Gasteiger partial charge on any atom is 0.409 e. The molecule has 4 nitrogen and oxygen atoms in total. The van der Waals surface area contributed by atoms with Gasteiger partial charge in [-0.05, 0) is 12.1 Å². The molecule has 0 saturated heterocycles. The van der Waals surface area contributed by atoms with E-state index in [1.807, 2.05) is 0 Å². The molecule has 0 aliphatic rings. The van der Waals surface area contributed by atoms with Gasteiger partial charge in [-0.25, -0.2) is 9.63 Å². The summed E-state index contributed by atoms with van der Waals surface area (Å²) in [6, 6.07) is 6.76. The number of nitrogens with two attached hydrogens (primary N) is 1. The summed E-state index contributed by atoms with van der Waals surface area (Å²) in [7, 11) is 1.56. The molecule has 70 valence electrons. The Morgan fingerprint density at radius 2 is 2.00 bits per heavy atom. The van der Waals surface area contributed by atoms with Crippen molar-refractivity contribution in [2.24, 2.45) is 0 Å². The molecule has 0 aliphatic carbocycles. The lowest BCUT2D eigenvalue weighted by atomic mass is 10.3. The number of ether oxygens (including phenoxy) is 1. The van der Waals surface area contributed by atoms with E-state index in [4.69, 9.17) is 16.4 Å². The highest BCUT2D eigenvalue weighted by Gasteiger charge is 2.00. The van der Waals surface area contributed by atoms with Crippen molar-refractivity contribution in [1.29, 1.82) is 0 Å². The van der Waals surface area contributed by atoms with Crippen molar-refractivity contribution in [2.45, 2.75) is 0 Å². The molecule has 0 saturated carbocycles. The van der Waals surface area contributed by atoms with Crippen LogP contribution in [-0.2, 0) is 4.84 Å². The molecule has 0 spiro atoms. The third-order valence-corrected chi connectivity index (χ3v) is 1.41. The SMILES string of the molecule is CO[NH2+]c1ccc(OC(=O)Cl)cc1. The van der Waals surface area contributed by atoms with Gasteiger partial charge in [-0.3, -0.25) is 0 Å². The molecule has 0 heterocycles. The molecule has 0 unspecified atom stereocenters. The van der Waals surface area contributed by atoms with Crippen LogP contribution in [0.3, 0.4) is 0 Å². The Morgan fingerprint density at radius 3 is 2.46 bits per heavy atom. The Morgan fingerprint density at radius 1 is 1.38 bits per heavy atom. The third-order valence-electron chi connectivity index (χ3n) is 1.33. The molecule has 1 rings (SSSR count). The van der Waals surface area contributed by atoms with Gasteiger partial charge in [0, 0.05) is 23.7 Å². The van der Waals surface area contributed by atoms with Crippen LogP contribution in [0.2, 0.25) is 0 Å². The summed E-state index contributed by atoms with van der Waals surface area (Å²) in [5, 5.41) is 0. The van der Waals surface area contributed by atoms with E-state index in [1.54, 1.807) is 36.9 Å². The van der Waals surface area contributed by atoms with Crippen molar-refractivity contribution >= 4 is 22.7 Å². The summed E-state index contributed by atoms with van der Waals surface area (Å²) in [5.74, 6) is 0.410. The van der Waals surface area contributed by atoms with E-state index >= 15 is 0 Å². The predicted octanol–water partition coefficient (Wildman–Crippen LogP) is 1.18. The number of hydrogen-bond acceptors (Lipinski definition) is 3. The van der Waals surface area contributed by atoms with Gasteiger partial charge >= 0.3 is 5.43 Å². The summed E-state index contributed by atoms with van der Waals surface area (Å²) in [6.45, 7) is 0. The van der Waals surface area contributed by atoms with Gasteiger partial charge in [0.1, 0.15) is 5.75 Å². The summed E-state index contributed by atoms with van der Waals surface area (Å²) in [5.41, 5.74) is 1.62. The molecular weight excluding hydrogens is 194 g/mol. The second-order valence-corrected chi connectivity index (χ2v) is 2.57. The normalized spacial score (nSPS) is 9.69. The minimum Gasteiger partial charge on any atom is -0.414 e. The molecule has 0 amide bonds. The fourth-order valence-corrected chi connectivity index (χ4v) is 0.932. The molecule has 0 bridgehead atoms. The first kappa shape index (κ1) is 9.98. The topological polar surface area (TPSA) is 52.1 Å². The molecule has 1 aromatic carbocycles. The van der Waals surface area contributed by atoms with Crippen molar-refractivity contribution < 1.29 is 19.8 Å². The smallest absolute Gasteiger partial charge is 0.409 e. The number of hydrogen-bond donors (Lipinski definition) is 1. The van der Waals surface area contributed by atoms with E-state index in [2.05, 4.69) is 4.74 Å². The Hall–Kier alpha value is -1.10. The van der Waals surface area contributed by atoms with Crippen LogP contribution in [0.25, 0.3) is 0 Å². The van der Waals surface area contributed by atoms with Gasteiger partial charge in [0.05, 0.1) is 7.11 Å². The van der Waals surface area contributed by atoms with E-state index in [-0.39, 0.29) is 0 Å². The zero-order valence-electron chi connectivity index (χ0n) is 6.99. The van der Waals surface area contributed by atoms with Crippen LogP contribution in [0.15, 0.2) is 24.3 Å². The second kappa shape index (κ2) is 4.81. The highest BCUT2D eigenvalue weighted by atomic mass is 35.5. The average Bonchev–Trinajstić information content (AvgIpc) is 2.08. The third kappa shape index (κ3) is 3.42. The van der Waals surface area contributed by atoms with Gasteiger partial charge in [0.2, 0.25) is 0 Å². The fourth-order valence-electron chi connectivity index (χ4n) is 0.843. The summed E-state index contributed by atoms with van der Waals surface area (Å²) in [6.07, 6.45) is 0. The highest BCUT2D eigenvalue weighted by molar-refractivity contribution is 6.61. The van der Waals surface area contributed by atoms with Crippen molar-refractivity contribution in [3.63, 3.8) is 0 Å². The number of quaternary nitrogens is 1. The van der Waals surface area contributed by atoms with Gasteiger partial charge in [0.15, 0.2) is 5.69 Å². The summed E-state index contributed by atoms with van der Waals surface area (Å²) >= 11 is 5.02. The average molecular weight is 203 g/mol. The second-order valence-electron chi connectivity index (χ2n) is 2.26. The van der Waals surface area contributed by atoms with Crippen LogP contribution in [0.1, 0.15) is 0 Å². The molecular formula is C8H9ClNO3+. The summed E-state index contributed by atoms with van der Waals surface area (Å²) in [4.78, 5) is 15.1. The van der Waals surface area contributed by atoms with E-state index in [1.165, 1.54) is 0 Å². The molecule has 5 heteroatoms. The van der Waals surface area contributed by atoms with Gasteiger partial charge < -0.3 is 4.74 Å². The molecule has 13 heavy (non-hydrogen) atoms. The highest BCUT2D eigenvalue weighted by Crippen LogP contribution is 2.13. The van der Waals surface area contributed by atoms with Gasteiger partial charge in [0.25, 0.3) is 0 Å². The summed E-state index contributed by atoms with van der Waals surface area (Å²) < 4.78 is 4.62. The fraction of sp³-hybridized carbons (Fsp3) is 0.125. The quantitative estimate of drug-likeness (QED) is 0.455. The van der Waals surface area contributed by atoms with Crippen LogP contribution in [0, 0.1) is 0 Å². The Kier molecular flexibility index (Phi) is 3.70. The van der Waals surface area contributed by atoms with Crippen LogP contribution >= 0.6 is 11.6 Å². The van der Waals surface area contributed by atoms with E-state index in [0.29, 0.717) is 5.75 Å². The lowest BCUT2D eigenvalue weighted by Gasteiger charge is -1.99. The largest absolute Gasteiger partial charge is 0.414 e. The molecule has 1 aromatic rings. The number of halogens is 1. The first-order valence-electron chi connectivity index (χ1n) is 3.56. The Bertz CT molecular complexity index is 286. The van der Waals surface area contributed by atoms with Crippen LogP contribution in [0.4, 0.5) is 10.5 Å². The van der Waals surface area contributed by atoms with Crippen LogP contribution < -0.4 is 10.2 Å². The number of carbonyl (C=O) groups excluding carboxylic acids is 1. The molecule has 0 fully saturated rings. The monoisotopic (exact) mass is 202 g/mol. The first-order chi connectivity index (χ1) is 6.22. The standard InChI is InChI=1S/C8H8ClNO3/c1-12-10-6-2-4-7(5-3-6)13-8(9)11/h2-5,10H,1H3/p+1. The molecule has 0 radical (unpaired) electrons. The van der Waals surface area contributed by atoms with E-state index in [0.717, 1.165) is 5.69 Å². The molecule has 2 N–H and O–H groups in total. The number of rotatable bonds is 3. The maximum absolute atomic E-state index is 10.3. The predicted molar refractivity (Wildman–Crippen MR) is 46.9 cm³/mol.